The maximum absolute atomic E-state index is 13.0. The Hall–Kier alpha value is -2.27. The molecule has 3 rings (SSSR count). The van der Waals surface area contributed by atoms with Crippen LogP contribution >= 0.6 is 0 Å². The third kappa shape index (κ3) is 2.40. The topological polar surface area (TPSA) is 42.2 Å². The van der Waals surface area contributed by atoms with Crippen molar-refractivity contribution in [2.45, 2.75) is 12.5 Å². The molecule has 4 nitrogen and oxygen atoms in total. The van der Waals surface area contributed by atoms with Gasteiger partial charge in [0, 0.05) is 24.0 Å². The molecule has 20 heavy (non-hydrogen) atoms. The number of likely N-dealkylation sites (N-methyl/N-ethyl adjacent to an activating group) is 1. The lowest BCUT2D eigenvalue weighted by atomic mass is 10.0. The van der Waals surface area contributed by atoms with Crippen LogP contribution in [0.4, 0.5) is 4.39 Å². The standard InChI is InChI=1S/C15H15FN4/c1-17-14(8-11-2-4-12(16)5-3-11)13-9-19-20-7-6-18-10-15(13)20/h2-7,9-10,14,17H,8H2,1H3. The molecule has 0 amide bonds. The Morgan fingerprint density at radius 2 is 2.05 bits per heavy atom. The van der Waals surface area contributed by atoms with Gasteiger partial charge in [0.15, 0.2) is 0 Å². The predicted octanol–water partition coefficient (Wildman–Crippen LogP) is 2.37. The number of fused-ring (bicyclic) bond motifs is 1. The first kappa shape index (κ1) is 12.7. The van der Waals surface area contributed by atoms with Gasteiger partial charge in [-0.3, -0.25) is 4.98 Å². The van der Waals surface area contributed by atoms with Gasteiger partial charge in [0.2, 0.25) is 0 Å². The van der Waals surface area contributed by atoms with E-state index in [1.54, 1.807) is 16.9 Å². The predicted molar refractivity (Wildman–Crippen MR) is 74.9 cm³/mol. The molecule has 0 aliphatic rings. The Bertz CT molecular complexity index is 705. The van der Waals surface area contributed by atoms with Gasteiger partial charge in [-0.15, -0.1) is 0 Å². The second kappa shape index (κ2) is 5.38. The molecule has 1 aromatic carbocycles. The molecule has 0 saturated heterocycles. The summed E-state index contributed by atoms with van der Waals surface area (Å²) in [5.74, 6) is -0.213. The SMILES string of the molecule is CNC(Cc1ccc(F)cc1)c1cnn2ccncc12. The molecule has 0 radical (unpaired) electrons. The average molecular weight is 270 g/mol. The van der Waals surface area contributed by atoms with E-state index in [0.717, 1.165) is 23.1 Å². The van der Waals surface area contributed by atoms with Crippen LogP contribution in [0.25, 0.3) is 5.52 Å². The lowest BCUT2D eigenvalue weighted by Crippen LogP contribution is -2.18. The summed E-state index contributed by atoms with van der Waals surface area (Å²) in [4.78, 5) is 4.14. The smallest absolute Gasteiger partial charge is 0.123 e. The molecule has 0 bridgehead atoms. The van der Waals surface area contributed by atoms with Crippen LogP contribution in [0.3, 0.4) is 0 Å². The van der Waals surface area contributed by atoms with Gasteiger partial charge in [0.05, 0.1) is 17.9 Å². The number of hydrogen-bond donors (Lipinski definition) is 1. The molecule has 0 saturated carbocycles. The lowest BCUT2D eigenvalue weighted by Gasteiger charge is -2.15. The van der Waals surface area contributed by atoms with E-state index in [1.807, 2.05) is 31.6 Å². The van der Waals surface area contributed by atoms with Crippen molar-refractivity contribution in [3.8, 4) is 0 Å². The minimum atomic E-state index is -0.213. The van der Waals surface area contributed by atoms with Crippen LogP contribution in [0.2, 0.25) is 0 Å². The summed E-state index contributed by atoms with van der Waals surface area (Å²) in [5.41, 5.74) is 3.15. The van der Waals surface area contributed by atoms with E-state index in [2.05, 4.69) is 15.4 Å². The minimum Gasteiger partial charge on any atom is -0.313 e. The maximum atomic E-state index is 13.0. The normalized spacial score (nSPS) is 12.7. The first-order chi connectivity index (χ1) is 9.78. The third-order valence-electron chi connectivity index (χ3n) is 3.43. The molecular formula is C15H15FN4. The fraction of sp³-hybridized carbons (Fsp3) is 0.200. The van der Waals surface area contributed by atoms with Gasteiger partial charge in [-0.25, -0.2) is 8.91 Å². The van der Waals surface area contributed by atoms with Gasteiger partial charge in [0.25, 0.3) is 0 Å². The molecule has 1 N–H and O–H groups in total. The van der Waals surface area contributed by atoms with Gasteiger partial charge < -0.3 is 5.32 Å². The zero-order valence-corrected chi connectivity index (χ0v) is 11.1. The number of rotatable bonds is 4. The molecule has 0 fully saturated rings. The Morgan fingerprint density at radius 3 is 2.80 bits per heavy atom. The zero-order valence-electron chi connectivity index (χ0n) is 11.1. The second-order valence-electron chi connectivity index (χ2n) is 4.68. The first-order valence-electron chi connectivity index (χ1n) is 6.47. The number of halogens is 1. The molecule has 0 spiro atoms. The number of hydrogen-bond acceptors (Lipinski definition) is 3. The lowest BCUT2D eigenvalue weighted by molar-refractivity contribution is 0.592. The largest absolute Gasteiger partial charge is 0.313 e. The van der Waals surface area contributed by atoms with E-state index in [9.17, 15) is 4.39 Å². The molecule has 5 heteroatoms. The molecule has 0 aliphatic heterocycles. The van der Waals surface area contributed by atoms with Crippen molar-refractivity contribution in [3.63, 3.8) is 0 Å². The van der Waals surface area contributed by atoms with Crippen molar-refractivity contribution in [3.05, 3.63) is 66.0 Å². The molecule has 1 unspecified atom stereocenters. The number of benzene rings is 1. The summed E-state index contributed by atoms with van der Waals surface area (Å²) >= 11 is 0. The van der Waals surface area contributed by atoms with Gasteiger partial charge in [-0.2, -0.15) is 5.10 Å². The van der Waals surface area contributed by atoms with E-state index < -0.39 is 0 Å². The Morgan fingerprint density at radius 1 is 1.25 bits per heavy atom. The number of nitrogens with zero attached hydrogens (tertiary/aromatic N) is 3. The molecular weight excluding hydrogens is 255 g/mol. The molecule has 0 aliphatic carbocycles. The monoisotopic (exact) mass is 270 g/mol. The highest BCUT2D eigenvalue weighted by Gasteiger charge is 2.15. The quantitative estimate of drug-likeness (QED) is 0.791. The third-order valence-corrected chi connectivity index (χ3v) is 3.43. The molecule has 1 atom stereocenters. The summed E-state index contributed by atoms with van der Waals surface area (Å²) in [7, 11) is 1.91. The van der Waals surface area contributed by atoms with E-state index in [-0.39, 0.29) is 11.9 Å². The summed E-state index contributed by atoms with van der Waals surface area (Å²) in [5, 5.41) is 7.60. The second-order valence-corrected chi connectivity index (χ2v) is 4.68. The summed E-state index contributed by atoms with van der Waals surface area (Å²) < 4.78 is 14.8. The fourth-order valence-corrected chi connectivity index (χ4v) is 2.34. The number of nitrogens with one attached hydrogen (secondary N) is 1. The van der Waals surface area contributed by atoms with Crippen LogP contribution in [0, 0.1) is 5.82 Å². The zero-order chi connectivity index (χ0) is 13.9. The van der Waals surface area contributed by atoms with E-state index in [0.29, 0.717) is 0 Å². The summed E-state index contributed by atoms with van der Waals surface area (Å²) in [6.07, 6.45) is 7.95. The van der Waals surface area contributed by atoms with Gasteiger partial charge in [-0.1, -0.05) is 12.1 Å². The molecule has 2 heterocycles. The van der Waals surface area contributed by atoms with Crippen molar-refractivity contribution in [2.24, 2.45) is 0 Å². The minimum absolute atomic E-state index is 0.113. The maximum Gasteiger partial charge on any atom is 0.123 e. The fourth-order valence-electron chi connectivity index (χ4n) is 2.34. The Balaban J connectivity index is 1.91. The first-order valence-corrected chi connectivity index (χ1v) is 6.47. The highest BCUT2D eigenvalue weighted by molar-refractivity contribution is 5.53. The van der Waals surface area contributed by atoms with Crippen LogP contribution in [-0.4, -0.2) is 21.6 Å². The van der Waals surface area contributed by atoms with Crippen molar-refractivity contribution in [1.29, 1.82) is 0 Å². The van der Waals surface area contributed by atoms with Gasteiger partial charge in [0.1, 0.15) is 5.82 Å². The van der Waals surface area contributed by atoms with E-state index in [4.69, 9.17) is 0 Å². The van der Waals surface area contributed by atoms with Gasteiger partial charge >= 0.3 is 0 Å². The van der Waals surface area contributed by atoms with Crippen LogP contribution in [0.1, 0.15) is 17.2 Å². The summed E-state index contributed by atoms with van der Waals surface area (Å²) in [6.45, 7) is 0. The highest BCUT2D eigenvalue weighted by Crippen LogP contribution is 2.22. The van der Waals surface area contributed by atoms with Crippen LogP contribution in [0.5, 0.6) is 0 Å². The average Bonchev–Trinajstić information content (AvgIpc) is 2.91. The van der Waals surface area contributed by atoms with Crippen molar-refractivity contribution in [2.75, 3.05) is 7.05 Å². The number of aromatic nitrogens is 3. The van der Waals surface area contributed by atoms with Crippen LogP contribution in [0.15, 0.2) is 49.1 Å². The molecule has 3 aromatic rings. The van der Waals surface area contributed by atoms with Crippen molar-refractivity contribution in [1.82, 2.24) is 19.9 Å². The summed E-state index contributed by atoms with van der Waals surface area (Å²) in [6, 6.07) is 6.70. The van der Waals surface area contributed by atoms with Crippen molar-refractivity contribution >= 4 is 5.52 Å². The Kier molecular flexibility index (Phi) is 3.43. The van der Waals surface area contributed by atoms with Gasteiger partial charge in [-0.05, 0) is 31.2 Å². The van der Waals surface area contributed by atoms with Crippen LogP contribution < -0.4 is 5.32 Å². The molecule has 2 aromatic heterocycles. The van der Waals surface area contributed by atoms with E-state index in [1.165, 1.54) is 12.1 Å². The van der Waals surface area contributed by atoms with Crippen LogP contribution in [-0.2, 0) is 6.42 Å². The highest BCUT2D eigenvalue weighted by atomic mass is 19.1. The van der Waals surface area contributed by atoms with Crippen molar-refractivity contribution < 1.29 is 4.39 Å². The van der Waals surface area contributed by atoms with E-state index >= 15 is 0 Å². The molecule has 102 valence electrons. The Labute approximate surface area is 116 Å².